The predicted molar refractivity (Wildman–Crippen MR) is 51.4 cm³/mol. The molecule has 0 atom stereocenters. The van der Waals surface area contributed by atoms with Gasteiger partial charge in [-0.2, -0.15) is 4.94 Å². The maximum atomic E-state index is 12.1. The maximum Gasteiger partial charge on any atom is 0.128 e. The Morgan fingerprint density at radius 3 is 2.36 bits per heavy atom. The van der Waals surface area contributed by atoms with Gasteiger partial charge in [-0.3, -0.25) is 0 Å². The molecule has 0 amide bonds. The van der Waals surface area contributed by atoms with Crippen LogP contribution >= 0.6 is 0 Å². The lowest BCUT2D eigenvalue weighted by Gasteiger charge is -2.19. The van der Waals surface area contributed by atoms with Crippen LogP contribution in [0.5, 0.6) is 0 Å². The van der Waals surface area contributed by atoms with Gasteiger partial charge in [0.1, 0.15) is 11.9 Å². The Hall–Kier alpha value is -1.22. The zero-order valence-electron chi connectivity index (χ0n) is 8.29. The van der Waals surface area contributed by atoms with E-state index in [0.717, 1.165) is 17.4 Å². The monoisotopic (exact) mass is 196 g/mol. The molecule has 0 bridgehead atoms. The third kappa shape index (κ3) is 2.39. The number of aldehydes is 1. The number of rotatable bonds is 4. The largest absolute Gasteiger partial charge is 0.303 e. The Morgan fingerprint density at radius 2 is 1.93 bits per heavy atom. The van der Waals surface area contributed by atoms with Gasteiger partial charge < -0.3 is 4.79 Å². The molecule has 0 radical (unpaired) electrons. The van der Waals surface area contributed by atoms with E-state index in [0.29, 0.717) is 6.42 Å². The van der Waals surface area contributed by atoms with Crippen molar-refractivity contribution in [3.8, 4) is 0 Å². The first-order valence-corrected chi connectivity index (χ1v) is 4.43. The molecule has 0 heterocycles. The lowest BCUT2D eigenvalue weighted by atomic mass is 9.97. The Labute approximate surface area is 82.6 Å². The third-order valence-corrected chi connectivity index (χ3v) is 2.16. The van der Waals surface area contributed by atoms with Crippen molar-refractivity contribution in [3.63, 3.8) is 0 Å². The molecule has 0 spiro atoms. The summed E-state index contributed by atoms with van der Waals surface area (Å²) in [5.41, 5.74) is 0.729. The van der Waals surface area contributed by atoms with E-state index in [-0.39, 0.29) is 0 Å². The van der Waals surface area contributed by atoms with Gasteiger partial charge in [0.05, 0.1) is 0 Å². The van der Waals surface area contributed by atoms with E-state index in [4.69, 9.17) is 0 Å². The summed E-state index contributed by atoms with van der Waals surface area (Å²) in [6.07, 6.45) is 1.23. The fourth-order valence-electron chi connectivity index (χ4n) is 1.18. The summed E-state index contributed by atoms with van der Waals surface area (Å²) in [6.45, 7) is 3.28. The van der Waals surface area contributed by atoms with Crippen LogP contribution in [-0.2, 0) is 21.8 Å². The van der Waals surface area contributed by atoms with Gasteiger partial charge in [0.15, 0.2) is 0 Å². The number of carbonyl (C=O) groups excluding carboxylic acids is 1. The zero-order valence-corrected chi connectivity index (χ0v) is 8.29. The lowest BCUT2D eigenvalue weighted by molar-refractivity contribution is -0.227. The minimum absolute atomic E-state index is 0.386. The standard InChI is InChI=1S/C11H13FO2/c1-11(2,14-12)10-5-3-9(4-6-10)7-8-13/h3-6,8H,7H2,1-2H3. The molecule has 3 heteroatoms. The molecule has 1 rings (SSSR count). The Morgan fingerprint density at radius 1 is 1.36 bits per heavy atom. The Balaban J connectivity index is 2.87. The SMILES string of the molecule is CC(C)(OF)c1ccc(CC=O)cc1. The molecule has 14 heavy (non-hydrogen) atoms. The Kier molecular flexibility index (Phi) is 3.36. The van der Waals surface area contributed by atoms with Gasteiger partial charge in [-0.1, -0.05) is 24.3 Å². The van der Waals surface area contributed by atoms with Crippen LogP contribution in [0.15, 0.2) is 24.3 Å². The molecule has 0 aliphatic carbocycles. The average molecular weight is 196 g/mol. The molecule has 0 fully saturated rings. The number of hydrogen-bond donors (Lipinski definition) is 0. The van der Waals surface area contributed by atoms with Crippen molar-refractivity contribution >= 4 is 6.29 Å². The highest BCUT2D eigenvalue weighted by atomic mass is 19.3. The van der Waals surface area contributed by atoms with Gasteiger partial charge >= 0.3 is 0 Å². The summed E-state index contributed by atoms with van der Waals surface area (Å²) < 4.78 is 12.1. The zero-order chi connectivity index (χ0) is 10.6. The number of halogens is 1. The predicted octanol–water partition coefficient (Wildman–Crippen LogP) is 2.56. The first kappa shape index (κ1) is 10.9. The molecular weight excluding hydrogens is 183 g/mol. The van der Waals surface area contributed by atoms with Crippen molar-refractivity contribution in [3.05, 3.63) is 35.4 Å². The van der Waals surface area contributed by atoms with E-state index in [2.05, 4.69) is 4.94 Å². The average Bonchev–Trinajstić information content (AvgIpc) is 2.19. The van der Waals surface area contributed by atoms with Crippen LogP contribution in [0.1, 0.15) is 25.0 Å². The highest BCUT2D eigenvalue weighted by molar-refractivity contribution is 5.54. The molecule has 1 aromatic rings. The van der Waals surface area contributed by atoms with Gasteiger partial charge in [-0.15, -0.1) is 0 Å². The van der Waals surface area contributed by atoms with Crippen LogP contribution in [0, 0.1) is 0 Å². The van der Waals surface area contributed by atoms with Crippen LogP contribution in [0.4, 0.5) is 4.53 Å². The quantitative estimate of drug-likeness (QED) is 0.692. The summed E-state index contributed by atoms with van der Waals surface area (Å²) in [4.78, 5) is 14.1. The molecular formula is C11H13FO2. The summed E-state index contributed by atoms with van der Waals surface area (Å²) >= 11 is 0. The third-order valence-electron chi connectivity index (χ3n) is 2.16. The van der Waals surface area contributed by atoms with Gasteiger partial charge in [0, 0.05) is 6.42 Å². The van der Waals surface area contributed by atoms with Crippen molar-refractivity contribution in [2.24, 2.45) is 0 Å². The molecule has 76 valence electrons. The second-order valence-corrected chi connectivity index (χ2v) is 3.66. The van der Waals surface area contributed by atoms with E-state index >= 15 is 0 Å². The van der Waals surface area contributed by atoms with Crippen molar-refractivity contribution in [2.75, 3.05) is 0 Å². The minimum atomic E-state index is -0.931. The lowest BCUT2D eigenvalue weighted by Crippen LogP contribution is -2.17. The normalized spacial score (nSPS) is 11.4. The van der Waals surface area contributed by atoms with Gasteiger partial charge in [0.25, 0.3) is 0 Å². The van der Waals surface area contributed by atoms with E-state index in [1.54, 1.807) is 38.1 Å². The van der Waals surface area contributed by atoms with E-state index in [9.17, 15) is 9.32 Å². The van der Waals surface area contributed by atoms with Crippen LogP contribution in [0.3, 0.4) is 0 Å². The fourth-order valence-corrected chi connectivity index (χ4v) is 1.18. The Bertz CT molecular complexity index is 304. The van der Waals surface area contributed by atoms with Crippen molar-refractivity contribution in [1.29, 1.82) is 0 Å². The summed E-state index contributed by atoms with van der Waals surface area (Å²) in [6, 6.07) is 7.12. The van der Waals surface area contributed by atoms with Gasteiger partial charge in [-0.05, 0) is 29.5 Å². The molecule has 0 unspecified atom stereocenters. The first-order chi connectivity index (χ1) is 6.60. The molecule has 0 aliphatic heterocycles. The second kappa shape index (κ2) is 4.33. The highest BCUT2D eigenvalue weighted by Gasteiger charge is 2.21. The molecule has 1 aromatic carbocycles. The van der Waals surface area contributed by atoms with Crippen LogP contribution in [0.25, 0.3) is 0 Å². The number of carbonyl (C=O) groups is 1. The van der Waals surface area contributed by atoms with E-state index in [1.807, 2.05) is 0 Å². The fraction of sp³-hybridized carbons (Fsp3) is 0.364. The van der Waals surface area contributed by atoms with Crippen LogP contribution in [-0.4, -0.2) is 6.29 Å². The highest BCUT2D eigenvalue weighted by Crippen LogP contribution is 2.24. The molecule has 0 saturated heterocycles. The van der Waals surface area contributed by atoms with E-state index in [1.165, 1.54) is 0 Å². The van der Waals surface area contributed by atoms with Crippen molar-refractivity contribution < 1.29 is 14.3 Å². The molecule has 0 saturated carbocycles. The molecule has 2 nitrogen and oxygen atoms in total. The number of hydrogen-bond acceptors (Lipinski definition) is 2. The van der Waals surface area contributed by atoms with Gasteiger partial charge in [-0.25, -0.2) is 0 Å². The number of benzene rings is 1. The second-order valence-electron chi connectivity index (χ2n) is 3.66. The summed E-state index contributed by atoms with van der Waals surface area (Å²) in [5.74, 6) is 0. The molecule has 0 aromatic heterocycles. The van der Waals surface area contributed by atoms with Gasteiger partial charge in [0.2, 0.25) is 0 Å². The first-order valence-electron chi connectivity index (χ1n) is 4.43. The summed E-state index contributed by atoms with van der Waals surface area (Å²) in [5, 5.41) is 0. The molecule has 0 N–H and O–H groups in total. The van der Waals surface area contributed by atoms with Crippen molar-refractivity contribution in [1.82, 2.24) is 0 Å². The topological polar surface area (TPSA) is 26.3 Å². The smallest absolute Gasteiger partial charge is 0.128 e. The van der Waals surface area contributed by atoms with Crippen molar-refractivity contribution in [2.45, 2.75) is 25.9 Å². The maximum absolute atomic E-state index is 12.1. The minimum Gasteiger partial charge on any atom is -0.303 e. The molecule has 0 aliphatic rings. The van der Waals surface area contributed by atoms with E-state index < -0.39 is 5.60 Å². The van der Waals surface area contributed by atoms with Crippen LogP contribution in [0.2, 0.25) is 0 Å². The van der Waals surface area contributed by atoms with Crippen LogP contribution < -0.4 is 0 Å². The summed E-state index contributed by atoms with van der Waals surface area (Å²) in [7, 11) is 0.